The number of aryl methyl sites for hydroxylation is 1. The predicted molar refractivity (Wildman–Crippen MR) is 82.5 cm³/mol. The first-order valence-corrected chi connectivity index (χ1v) is 7.70. The van der Waals surface area contributed by atoms with Crippen LogP contribution in [-0.2, 0) is 0 Å². The Labute approximate surface area is 118 Å². The Morgan fingerprint density at radius 3 is 2.58 bits per heavy atom. The average Bonchev–Trinajstić information content (AvgIpc) is 2.39. The highest BCUT2D eigenvalue weighted by Gasteiger charge is 2.15. The number of nitrogens with one attached hydrogen (secondary N) is 1. The molecule has 1 aromatic rings. The molecule has 19 heavy (non-hydrogen) atoms. The molecule has 0 aliphatic carbocycles. The van der Waals surface area contributed by atoms with E-state index < -0.39 is 0 Å². The van der Waals surface area contributed by atoms with Gasteiger partial charge in [0.15, 0.2) is 0 Å². The van der Waals surface area contributed by atoms with Gasteiger partial charge in [-0.05, 0) is 52.3 Å². The largest absolute Gasteiger partial charge is 0.306 e. The molecule has 2 unspecified atom stereocenters. The predicted octanol–water partition coefficient (Wildman–Crippen LogP) is 3.52. The molecule has 1 heterocycles. The minimum atomic E-state index is 0.430. The molecule has 1 saturated heterocycles. The fraction of sp³-hybridized carbons (Fsp3) is 0.647. The van der Waals surface area contributed by atoms with Gasteiger partial charge in [-0.1, -0.05) is 36.2 Å². The Bertz CT molecular complexity index is 383. The van der Waals surface area contributed by atoms with Gasteiger partial charge in [-0.3, -0.25) is 0 Å². The minimum absolute atomic E-state index is 0.430. The molecule has 1 N–H and O–H groups in total. The molecule has 1 fully saturated rings. The van der Waals surface area contributed by atoms with Gasteiger partial charge in [-0.25, -0.2) is 0 Å². The highest BCUT2D eigenvalue weighted by Crippen LogP contribution is 2.15. The van der Waals surface area contributed by atoms with Crippen LogP contribution in [0.2, 0.25) is 0 Å². The van der Waals surface area contributed by atoms with E-state index in [9.17, 15) is 0 Å². The van der Waals surface area contributed by atoms with Crippen LogP contribution in [-0.4, -0.2) is 30.6 Å². The van der Waals surface area contributed by atoms with Gasteiger partial charge in [-0.2, -0.15) is 0 Å². The Kier molecular flexibility index (Phi) is 5.41. The van der Waals surface area contributed by atoms with Crippen LogP contribution in [0.3, 0.4) is 0 Å². The summed E-state index contributed by atoms with van der Waals surface area (Å²) in [6.07, 6.45) is 4.16. The molecular formula is C17H28N2. The summed E-state index contributed by atoms with van der Waals surface area (Å²) in [6, 6.07) is 9.79. The lowest BCUT2D eigenvalue weighted by atomic mass is 10.0. The molecule has 0 spiro atoms. The van der Waals surface area contributed by atoms with Crippen LogP contribution in [0, 0.1) is 6.92 Å². The van der Waals surface area contributed by atoms with Crippen LogP contribution in [0.4, 0.5) is 0 Å². The summed E-state index contributed by atoms with van der Waals surface area (Å²) in [7, 11) is 0. The maximum absolute atomic E-state index is 3.73. The Hall–Kier alpha value is -0.860. The molecular weight excluding hydrogens is 232 g/mol. The standard InChI is InChI=1S/C17H28N2/c1-14-8-7-9-17(12-14)16(3)18-15(2)13-19-10-5-4-6-11-19/h7-9,12,15-16,18H,4-6,10-11,13H2,1-3H3. The minimum Gasteiger partial charge on any atom is -0.306 e. The van der Waals surface area contributed by atoms with Crippen molar-refractivity contribution in [1.29, 1.82) is 0 Å². The summed E-state index contributed by atoms with van der Waals surface area (Å²) >= 11 is 0. The first-order chi connectivity index (χ1) is 9.15. The van der Waals surface area contributed by atoms with Gasteiger partial charge in [-0.15, -0.1) is 0 Å². The molecule has 0 saturated carbocycles. The monoisotopic (exact) mass is 260 g/mol. The second-order valence-corrected chi connectivity index (χ2v) is 6.06. The van der Waals surface area contributed by atoms with E-state index in [1.165, 1.54) is 50.0 Å². The lowest BCUT2D eigenvalue weighted by Crippen LogP contribution is -2.42. The molecule has 1 aliphatic rings. The SMILES string of the molecule is Cc1cccc(C(C)NC(C)CN2CCCCC2)c1. The lowest BCUT2D eigenvalue weighted by molar-refractivity contribution is 0.205. The normalized spacial score (nSPS) is 20.2. The van der Waals surface area contributed by atoms with Crippen LogP contribution in [0.5, 0.6) is 0 Å². The van der Waals surface area contributed by atoms with E-state index in [1.807, 2.05) is 0 Å². The third-order valence-electron chi connectivity index (χ3n) is 4.06. The zero-order valence-corrected chi connectivity index (χ0v) is 12.7. The first-order valence-electron chi connectivity index (χ1n) is 7.70. The number of hydrogen-bond donors (Lipinski definition) is 1. The topological polar surface area (TPSA) is 15.3 Å². The highest BCUT2D eigenvalue weighted by molar-refractivity contribution is 5.24. The molecule has 2 heteroatoms. The van der Waals surface area contributed by atoms with Crippen LogP contribution in [0.25, 0.3) is 0 Å². The van der Waals surface area contributed by atoms with Crippen molar-refractivity contribution >= 4 is 0 Å². The van der Waals surface area contributed by atoms with Crippen molar-refractivity contribution in [2.24, 2.45) is 0 Å². The zero-order chi connectivity index (χ0) is 13.7. The van der Waals surface area contributed by atoms with Crippen molar-refractivity contribution in [2.45, 2.75) is 52.1 Å². The van der Waals surface area contributed by atoms with E-state index in [4.69, 9.17) is 0 Å². The number of piperidine rings is 1. The summed E-state index contributed by atoms with van der Waals surface area (Å²) < 4.78 is 0. The smallest absolute Gasteiger partial charge is 0.0294 e. The summed E-state index contributed by atoms with van der Waals surface area (Å²) in [5.74, 6) is 0. The van der Waals surface area contributed by atoms with Gasteiger partial charge < -0.3 is 10.2 Å². The van der Waals surface area contributed by atoms with Crippen molar-refractivity contribution in [2.75, 3.05) is 19.6 Å². The van der Waals surface area contributed by atoms with Crippen molar-refractivity contribution in [3.05, 3.63) is 35.4 Å². The van der Waals surface area contributed by atoms with Gasteiger partial charge in [0, 0.05) is 18.6 Å². The number of hydrogen-bond acceptors (Lipinski definition) is 2. The molecule has 1 aliphatic heterocycles. The quantitative estimate of drug-likeness (QED) is 0.871. The average molecular weight is 260 g/mol. The van der Waals surface area contributed by atoms with Gasteiger partial charge >= 0.3 is 0 Å². The van der Waals surface area contributed by atoms with Crippen molar-refractivity contribution in [1.82, 2.24) is 10.2 Å². The number of benzene rings is 1. The van der Waals surface area contributed by atoms with Gasteiger partial charge in [0.05, 0.1) is 0 Å². The fourth-order valence-corrected chi connectivity index (χ4v) is 3.04. The number of rotatable bonds is 5. The van der Waals surface area contributed by atoms with Crippen LogP contribution >= 0.6 is 0 Å². The van der Waals surface area contributed by atoms with E-state index in [1.54, 1.807) is 0 Å². The van der Waals surface area contributed by atoms with Crippen LogP contribution in [0.1, 0.15) is 50.3 Å². The Morgan fingerprint density at radius 1 is 1.16 bits per heavy atom. The second-order valence-electron chi connectivity index (χ2n) is 6.06. The molecule has 0 radical (unpaired) electrons. The van der Waals surface area contributed by atoms with Gasteiger partial charge in [0.25, 0.3) is 0 Å². The highest BCUT2D eigenvalue weighted by atomic mass is 15.2. The first kappa shape index (κ1) is 14.5. The maximum Gasteiger partial charge on any atom is 0.0294 e. The zero-order valence-electron chi connectivity index (χ0n) is 12.7. The van der Waals surface area contributed by atoms with E-state index in [2.05, 4.69) is 55.3 Å². The second kappa shape index (κ2) is 7.06. The van der Waals surface area contributed by atoms with E-state index >= 15 is 0 Å². The molecule has 2 nitrogen and oxygen atoms in total. The fourth-order valence-electron chi connectivity index (χ4n) is 3.04. The van der Waals surface area contributed by atoms with Crippen LogP contribution < -0.4 is 5.32 Å². The third-order valence-corrected chi connectivity index (χ3v) is 4.06. The molecule has 0 bridgehead atoms. The van der Waals surface area contributed by atoms with Crippen molar-refractivity contribution in [3.8, 4) is 0 Å². The molecule has 2 rings (SSSR count). The Morgan fingerprint density at radius 2 is 1.89 bits per heavy atom. The lowest BCUT2D eigenvalue weighted by Gasteiger charge is -2.30. The van der Waals surface area contributed by atoms with E-state index in [0.29, 0.717) is 12.1 Å². The third kappa shape index (κ3) is 4.63. The number of nitrogens with zero attached hydrogens (tertiary/aromatic N) is 1. The molecule has 1 aromatic carbocycles. The molecule has 0 aromatic heterocycles. The summed E-state index contributed by atoms with van der Waals surface area (Å²) in [5.41, 5.74) is 2.74. The summed E-state index contributed by atoms with van der Waals surface area (Å²) in [6.45, 7) is 10.5. The van der Waals surface area contributed by atoms with Gasteiger partial charge in [0.2, 0.25) is 0 Å². The Balaban J connectivity index is 1.82. The van der Waals surface area contributed by atoms with Crippen molar-refractivity contribution < 1.29 is 0 Å². The number of likely N-dealkylation sites (tertiary alicyclic amines) is 1. The summed E-state index contributed by atoms with van der Waals surface area (Å²) in [5, 5.41) is 3.73. The molecule has 2 atom stereocenters. The van der Waals surface area contributed by atoms with Gasteiger partial charge in [0.1, 0.15) is 0 Å². The van der Waals surface area contributed by atoms with E-state index in [-0.39, 0.29) is 0 Å². The molecule has 0 amide bonds. The van der Waals surface area contributed by atoms with E-state index in [0.717, 1.165) is 0 Å². The van der Waals surface area contributed by atoms with Crippen molar-refractivity contribution in [3.63, 3.8) is 0 Å². The van der Waals surface area contributed by atoms with Crippen LogP contribution in [0.15, 0.2) is 24.3 Å². The molecule has 106 valence electrons. The summed E-state index contributed by atoms with van der Waals surface area (Å²) in [4.78, 5) is 2.60. The maximum atomic E-state index is 3.73.